The Morgan fingerprint density at radius 1 is 1.05 bits per heavy atom. The van der Waals surface area contributed by atoms with Crippen LogP contribution in [0.15, 0.2) is 43.0 Å². The fourth-order valence-corrected chi connectivity index (χ4v) is 2.38. The SMILES string of the molecule is NC(=O)c1cccc(Cc2ncc[nH]2)c1Cc1ncc[nH]1. The minimum atomic E-state index is -0.433. The van der Waals surface area contributed by atoms with Gasteiger partial charge in [0.2, 0.25) is 5.91 Å². The van der Waals surface area contributed by atoms with E-state index in [1.54, 1.807) is 30.9 Å². The van der Waals surface area contributed by atoms with Crippen molar-refractivity contribution >= 4 is 5.91 Å². The summed E-state index contributed by atoms with van der Waals surface area (Å²) in [5, 5.41) is 0. The van der Waals surface area contributed by atoms with Gasteiger partial charge in [-0.25, -0.2) is 9.97 Å². The molecule has 4 N–H and O–H groups in total. The van der Waals surface area contributed by atoms with Crippen molar-refractivity contribution < 1.29 is 4.79 Å². The standard InChI is InChI=1S/C15H15N5O/c16-15(21)11-3-1-2-10(8-13-17-4-5-18-13)12(11)9-14-19-6-7-20-14/h1-7H,8-9H2,(H2,16,21)(H,17,18)(H,19,20). The number of aromatic amines is 2. The van der Waals surface area contributed by atoms with Gasteiger partial charge in [0.1, 0.15) is 11.6 Å². The van der Waals surface area contributed by atoms with Crippen LogP contribution in [-0.2, 0) is 12.8 Å². The third kappa shape index (κ3) is 2.84. The molecule has 21 heavy (non-hydrogen) atoms. The molecule has 0 aliphatic rings. The molecule has 0 fully saturated rings. The van der Waals surface area contributed by atoms with E-state index in [0.717, 1.165) is 22.8 Å². The lowest BCUT2D eigenvalue weighted by Crippen LogP contribution is -2.16. The van der Waals surface area contributed by atoms with E-state index in [9.17, 15) is 4.79 Å². The van der Waals surface area contributed by atoms with Crippen molar-refractivity contribution in [3.05, 3.63) is 71.3 Å². The molecular formula is C15H15N5O. The molecule has 0 radical (unpaired) electrons. The van der Waals surface area contributed by atoms with Crippen molar-refractivity contribution in [3.8, 4) is 0 Å². The molecule has 0 saturated carbocycles. The molecule has 2 aromatic heterocycles. The molecular weight excluding hydrogens is 266 g/mol. The van der Waals surface area contributed by atoms with Crippen LogP contribution in [0.3, 0.4) is 0 Å². The maximum atomic E-state index is 11.7. The number of primary amides is 1. The Morgan fingerprint density at radius 2 is 1.71 bits per heavy atom. The Labute approximate surface area is 121 Å². The second kappa shape index (κ2) is 5.62. The van der Waals surface area contributed by atoms with Crippen molar-refractivity contribution in [3.63, 3.8) is 0 Å². The normalized spacial score (nSPS) is 10.7. The summed E-state index contributed by atoms with van der Waals surface area (Å²) in [5.74, 6) is 1.21. The molecule has 0 bridgehead atoms. The van der Waals surface area contributed by atoms with Crippen LogP contribution >= 0.6 is 0 Å². The fourth-order valence-electron chi connectivity index (χ4n) is 2.38. The Hall–Kier alpha value is -2.89. The predicted octanol–water partition coefficient (Wildman–Crippen LogP) is 1.41. The minimum Gasteiger partial charge on any atom is -0.366 e. The highest BCUT2D eigenvalue weighted by molar-refractivity contribution is 5.94. The van der Waals surface area contributed by atoms with Crippen LogP contribution in [0.2, 0.25) is 0 Å². The smallest absolute Gasteiger partial charge is 0.249 e. The highest BCUT2D eigenvalue weighted by atomic mass is 16.1. The summed E-state index contributed by atoms with van der Waals surface area (Å²) in [4.78, 5) is 26.2. The molecule has 1 amide bonds. The number of amides is 1. The fraction of sp³-hybridized carbons (Fsp3) is 0.133. The van der Waals surface area contributed by atoms with E-state index in [-0.39, 0.29) is 0 Å². The van der Waals surface area contributed by atoms with Gasteiger partial charge < -0.3 is 15.7 Å². The number of aromatic nitrogens is 4. The maximum absolute atomic E-state index is 11.7. The van der Waals surface area contributed by atoms with E-state index < -0.39 is 5.91 Å². The lowest BCUT2D eigenvalue weighted by molar-refractivity contribution is 0.0999. The molecule has 3 rings (SSSR count). The Bertz CT molecular complexity index is 732. The Balaban J connectivity index is 2.01. The summed E-state index contributed by atoms with van der Waals surface area (Å²) >= 11 is 0. The van der Waals surface area contributed by atoms with E-state index >= 15 is 0 Å². The summed E-state index contributed by atoms with van der Waals surface area (Å²) in [5.41, 5.74) is 7.91. The average molecular weight is 281 g/mol. The third-order valence-corrected chi connectivity index (χ3v) is 3.35. The van der Waals surface area contributed by atoms with Gasteiger partial charge in [0.25, 0.3) is 0 Å². The number of carbonyl (C=O) groups is 1. The number of hydrogen-bond acceptors (Lipinski definition) is 3. The van der Waals surface area contributed by atoms with Crippen LogP contribution in [0.25, 0.3) is 0 Å². The number of nitrogens with one attached hydrogen (secondary N) is 2. The second-order valence-corrected chi connectivity index (χ2v) is 4.73. The molecule has 0 atom stereocenters. The zero-order valence-electron chi connectivity index (χ0n) is 11.3. The average Bonchev–Trinajstić information content (AvgIpc) is 3.13. The van der Waals surface area contributed by atoms with Gasteiger partial charge in [-0.15, -0.1) is 0 Å². The van der Waals surface area contributed by atoms with Gasteiger partial charge in [0.15, 0.2) is 0 Å². The van der Waals surface area contributed by atoms with Crippen LogP contribution < -0.4 is 5.73 Å². The maximum Gasteiger partial charge on any atom is 0.249 e. The molecule has 0 aliphatic carbocycles. The monoisotopic (exact) mass is 281 g/mol. The van der Waals surface area contributed by atoms with Gasteiger partial charge in [-0.1, -0.05) is 12.1 Å². The van der Waals surface area contributed by atoms with Crippen LogP contribution in [-0.4, -0.2) is 25.8 Å². The molecule has 3 aromatic rings. The number of rotatable bonds is 5. The lowest BCUT2D eigenvalue weighted by atomic mass is 9.95. The number of nitrogens with zero attached hydrogens (tertiary/aromatic N) is 2. The van der Waals surface area contributed by atoms with E-state index in [2.05, 4.69) is 19.9 Å². The van der Waals surface area contributed by atoms with Gasteiger partial charge in [-0.2, -0.15) is 0 Å². The van der Waals surface area contributed by atoms with Crippen LogP contribution in [0.5, 0.6) is 0 Å². The van der Waals surface area contributed by atoms with Gasteiger partial charge in [0, 0.05) is 43.2 Å². The number of benzene rings is 1. The van der Waals surface area contributed by atoms with Crippen LogP contribution in [0, 0.1) is 0 Å². The van der Waals surface area contributed by atoms with Crippen molar-refractivity contribution in [1.29, 1.82) is 0 Å². The first-order valence-electron chi connectivity index (χ1n) is 6.61. The molecule has 1 aromatic carbocycles. The quantitative estimate of drug-likeness (QED) is 0.659. The predicted molar refractivity (Wildman–Crippen MR) is 77.7 cm³/mol. The lowest BCUT2D eigenvalue weighted by Gasteiger charge is -2.11. The molecule has 106 valence electrons. The number of hydrogen-bond donors (Lipinski definition) is 3. The Morgan fingerprint density at radius 3 is 2.29 bits per heavy atom. The van der Waals surface area contributed by atoms with Gasteiger partial charge in [-0.05, 0) is 17.2 Å². The highest BCUT2D eigenvalue weighted by Gasteiger charge is 2.15. The third-order valence-electron chi connectivity index (χ3n) is 3.35. The molecule has 6 heteroatoms. The zero-order chi connectivity index (χ0) is 14.7. The van der Waals surface area contributed by atoms with Crippen LogP contribution in [0.4, 0.5) is 0 Å². The van der Waals surface area contributed by atoms with E-state index in [0.29, 0.717) is 18.4 Å². The van der Waals surface area contributed by atoms with E-state index in [1.807, 2.05) is 12.1 Å². The molecule has 0 spiro atoms. The Kier molecular flexibility index (Phi) is 3.51. The first-order valence-corrected chi connectivity index (χ1v) is 6.61. The second-order valence-electron chi connectivity index (χ2n) is 4.73. The van der Waals surface area contributed by atoms with Crippen molar-refractivity contribution in [2.45, 2.75) is 12.8 Å². The van der Waals surface area contributed by atoms with Crippen molar-refractivity contribution in [2.75, 3.05) is 0 Å². The molecule has 0 aliphatic heterocycles. The summed E-state index contributed by atoms with van der Waals surface area (Å²) in [6, 6.07) is 5.56. The topological polar surface area (TPSA) is 100 Å². The van der Waals surface area contributed by atoms with Crippen molar-refractivity contribution in [1.82, 2.24) is 19.9 Å². The first-order chi connectivity index (χ1) is 10.2. The summed E-state index contributed by atoms with van der Waals surface area (Å²) < 4.78 is 0. The molecule has 0 unspecified atom stereocenters. The largest absolute Gasteiger partial charge is 0.366 e. The molecule has 0 saturated heterocycles. The highest BCUT2D eigenvalue weighted by Crippen LogP contribution is 2.20. The van der Waals surface area contributed by atoms with E-state index in [1.165, 1.54) is 0 Å². The number of nitrogens with two attached hydrogens (primary N) is 1. The first kappa shape index (κ1) is 13.1. The van der Waals surface area contributed by atoms with Gasteiger partial charge in [-0.3, -0.25) is 4.79 Å². The number of imidazole rings is 2. The summed E-state index contributed by atoms with van der Waals surface area (Å²) in [7, 11) is 0. The van der Waals surface area contributed by atoms with E-state index in [4.69, 9.17) is 5.73 Å². The van der Waals surface area contributed by atoms with Gasteiger partial charge >= 0.3 is 0 Å². The van der Waals surface area contributed by atoms with Crippen molar-refractivity contribution in [2.24, 2.45) is 5.73 Å². The number of carbonyl (C=O) groups excluding carboxylic acids is 1. The minimum absolute atomic E-state index is 0.433. The molecule has 6 nitrogen and oxygen atoms in total. The summed E-state index contributed by atoms with van der Waals surface area (Å²) in [6.45, 7) is 0. The number of H-pyrrole nitrogens is 2. The zero-order valence-corrected chi connectivity index (χ0v) is 11.3. The van der Waals surface area contributed by atoms with Gasteiger partial charge in [0.05, 0.1) is 0 Å². The summed E-state index contributed by atoms with van der Waals surface area (Å²) in [6.07, 6.45) is 8.08. The molecule has 2 heterocycles. The van der Waals surface area contributed by atoms with Crippen LogP contribution in [0.1, 0.15) is 33.1 Å².